The molecule has 1 aliphatic rings. The molecule has 0 unspecified atom stereocenters. The Morgan fingerprint density at radius 1 is 1.15 bits per heavy atom. The highest BCUT2D eigenvalue weighted by atomic mass is 16.3. The fourth-order valence-electron chi connectivity index (χ4n) is 4.63. The van der Waals surface area contributed by atoms with Crippen molar-refractivity contribution >= 4 is 33.7 Å². The highest BCUT2D eigenvalue weighted by Crippen LogP contribution is 2.37. The van der Waals surface area contributed by atoms with Gasteiger partial charge in [0.05, 0.1) is 29.6 Å². The van der Waals surface area contributed by atoms with Crippen LogP contribution in [-0.4, -0.2) is 48.6 Å². The molecule has 1 saturated heterocycles. The van der Waals surface area contributed by atoms with E-state index in [1.54, 1.807) is 19.4 Å². The molecule has 3 N–H and O–H groups in total. The number of hydrogen-bond acceptors (Lipinski definition) is 6. The number of fused-ring (bicyclic) bond motifs is 2. The van der Waals surface area contributed by atoms with Gasteiger partial charge in [-0.2, -0.15) is 5.10 Å². The molecule has 33 heavy (non-hydrogen) atoms. The van der Waals surface area contributed by atoms with Gasteiger partial charge in [-0.05, 0) is 37.1 Å². The number of aromatic nitrogens is 5. The Kier molecular flexibility index (Phi) is 4.42. The van der Waals surface area contributed by atoms with Crippen molar-refractivity contribution in [2.45, 2.75) is 25.8 Å². The normalized spacial score (nSPS) is 15.0. The molecule has 0 saturated carbocycles. The number of benzene rings is 1. The van der Waals surface area contributed by atoms with Crippen molar-refractivity contribution in [3.63, 3.8) is 0 Å². The van der Waals surface area contributed by atoms with E-state index in [1.807, 2.05) is 46.2 Å². The molecule has 0 spiro atoms. The smallest absolute Gasteiger partial charge is 0.219 e. The molecule has 1 aromatic carbocycles. The van der Waals surface area contributed by atoms with Gasteiger partial charge in [0, 0.05) is 54.5 Å². The summed E-state index contributed by atoms with van der Waals surface area (Å²) in [6.07, 6.45) is 9.13. The summed E-state index contributed by atoms with van der Waals surface area (Å²) >= 11 is 0. The number of piperidine rings is 1. The molecular weight excluding hydrogens is 418 g/mol. The quantitative estimate of drug-likeness (QED) is 0.437. The second kappa shape index (κ2) is 7.47. The lowest BCUT2D eigenvalue weighted by Gasteiger charge is -2.31. The van der Waals surface area contributed by atoms with Crippen LogP contribution in [0.5, 0.6) is 0 Å². The molecule has 1 fully saturated rings. The number of pyridine rings is 1. The van der Waals surface area contributed by atoms with E-state index >= 15 is 0 Å². The largest absolute Gasteiger partial charge is 0.452 e. The van der Waals surface area contributed by atoms with Crippen LogP contribution in [0.3, 0.4) is 0 Å². The van der Waals surface area contributed by atoms with Crippen LogP contribution in [0, 0.1) is 0 Å². The first kappa shape index (κ1) is 19.5. The molecule has 0 aliphatic carbocycles. The minimum Gasteiger partial charge on any atom is -0.452 e. The first-order valence-electron chi connectivity index (χ1n) is 11.0. The molecule has 0 radical (unpaired) electrons. The summed E-state index contributed by atoms with van der Waals surface area (Å²) in [5.41, 5.74) is 11.4. The van der Waals surface area contributed by atoms with E-state index in [0.29, 0.717) is 17.2 Å². The summed E-state index contributed by atoms with van der Waals surface area (Å²) in [4.78, 5) is 25.3. The maximum absolute atomic E-state index is 11.6. The number of imidazole rings is 1. The van der Waals surface area contributed by atoms with Gasteiger partial charge in [0.25, 0.3) is 0 Å². The Morgan fingerprint density at radius 3 is 2.82 bits per heavy atom. The number of amides is 1. The Labute approximate surface area is 189 Å². The zero-order chi connectivity index (χ0) is 22.5. The molecule has 9 heteroatoms. The predicted octanol–water partition coefficient (Wildman–Crippen LogP) is 4.00. The fraction of sp³-hybridized carbons (Fsp3) is 0.250. The Balaban J connectivity index is 1.35. The van der Waals surface area contributed by atoms with Gasteiger partial charge < -0.3 is 20.0 Å². The van der Waals surface area contributed by atoms with Crippen molar-refractivity contribution in [1.29, 1.82) is 0 Å². The van der Waals surface area contributed by atoms with Crippen molar-refractivity contribution in [3.05, 3.63) is 49.2 Å². The molecule has 6 rings (SSSR count). The summed E-state index contributed by atoms with van der Waals surface area (Å²) < 4.78 is 8.15. The van der Waals surface area contributed by atoms with Crippen LogP contribution in [-0.2, 0) is 4.79 Å². The number of likely N-dealkylation sites (tertiary alicyclic amines) is 1. The number of carbonyl (C=O) groups is 1. The third kappa shape index (κ3) is 3.32. The van der Waals surface area contributed by atoms with E-state index < -0.39 is 0 Å². The van der Waals surface area contributed by atoms with Crippen LogP contribution < -0.4 is 5.73 Å². The Bertz CT molecular complexity index is 1490. The second-order valence-corrected chi connectivity index (χ2v) is 8.49. The Morgan fingerprint density at radius 2 is 2.00 bits per heavy atom. The molecule has 5 heterocycles. The molecule has 5 aromatic rings. The number of nitrogen functional groups attached to an aromatic ring is 1. The van der Waals surface area contributed by atoms with Crippen LogP contribution in [0.1, 0.15) is 25.8 Å². The molecule has 0 bridgehead atoms. The van der Waals surface area contributed by atoms with Crippen molar-refractivity contribution in [3.8, 4) is 22.5 Å². The molecule has 1 amide bonds. The first-order chi connectivity index (χ1) is 16.1. The number of carbonyl (C=O) groups excluding carboxylic acids is 1. The minimum absolute atomic E-state index is 0.132. The summed E-state index contributed by atoms with van der Waals surface area (Å²) in [7, 11) is 0. The molecule has 1 aliphatic heterocycles. The number of hydrogen-bond donors (Lipinski definition) is 2. The molecular formula is C24H23N7O2. The average Bonchev–Trinajstić information content (AvgIpc) is 3.58. The van der Waals surface area contributed by atoms with Gasteiger partial charge in [0.1, 0.15) is 5.76 Å². The highest BCUT2D eigenvalue weighted by molar-refractivity contribution is 6.00. The van der Waals surface area contributed by atoms with E-state index in [4.69, 9.17) is 10.2 Å². The number of furan rings is 1. The third-order valence-electron chi connectivity index (χ3n) is 6.49. The summed E-state index contributed by atoms with van der Waals surface area (Å²) in [5.74, 6) is 1.20. The van der Waals surface area contributed by atoms with Gasteiger partial charge in [-0.15, -0.1) is 0 Å². The molecule has 9 nitrogen and oxygen atoms in total. The van der Waals surface area contributed by atoms with Crippen molar-refractivity contribution in [2.75, 3.05) is 18.8 Å². The Hall–Kier alpha value is -4.14. The number of nitrogens with zero attached hydrogens (tertiary/aromatic N) is 5. The van der Waals surface area contributed by atoms with E-state index in [0.717, 1.165) is 59.0 Å². The maximum Gasteiger partial charge on any atom is 0.219 e. The van der Waals surface area contributed by atoms with Crippen LogP contribution in [0.25, 0.3) is 44.5 Å². The zero-order valence-corrected chi connectivity index (χ0v) is 18.2. The van der Waals surface area contributed by atoms with Crippen LogP contribution in [0.2, 0.25) is 0 Å². The predicted molar refractivity (Wildman–Crippen MR) is 125 cm³/mol. The topological polar surface area (TPSA) is 119 Å². The maximum atomic E-state index is 11.6. The first-order valence-corrected chi connectivity index (χ1v) is 11.0. The average molecular weight is 441 g/mol. The zero-order valence-electron chi connectivity index (χ0n) is 18.2. The van der Waals surface area contributed by atoms with Crippen LogP contribution in [0.15, 0.2) is 53.6 Å². The lowest BCUT2D eigenvalue weighted by atomic mass is 10.0. The van der Waals surface area contributed by atoms with Gasteiger partial charge in [0.2, 0.25) is 5.91 Å². The summed E-state index contributed by atoms with van der Waals surface area (Å²) in [6, 6.07) is 8.22. The van der Waals surface area contributed by atoms with Crippen LogP contribution in [0.4, 0.5) is 5.82 Å². The number of nitrogens with one attached hydrogen (secondary N) is 1. The SMILES string of the molecule is CC(=O)N1CCC(n2cc(-c3cnc(N)c4oc(-c5ccc6nc[nH]c6c5)cc34)cn2)CC1. The standard InChI is InChI=1S/C24H23N7O2/c1-14(32)30-6-4-17(5-7-30)31-12-16(10-29-31)19-11-26-24(25)23-18(19)9-22(33-23)15-2-3-20-21(8-15)28-13-27-20/h2-3,8-13,17H,4-7H2,1H3,(H2,25,26)(H,27,28). The fourth-order valence-corrected chi connectivity index (χ4v) is 4.63. The second-order valence-electron chi connectivity index (χ2n) is 8.49. The summed E-state index contributed by atoms with van der Waals surface area (Å²) in [5, 5.41) is 5.52. The lowest BCUT2D eigenvalue weighted by Crippen LogP contribution is -2.37. The molecule has 4 aromatic heterocycles. The minimum atomic E-state index is 0.132. The lowest BCUT2D eigenvalue weighted by molar-refractivity contribution is -0.130. The highest BCUT2D eigenvalue weighted by Gasteiger charge is 2.23. The van der Waals surface area contributed by atoms with Gasteiger partial charge in [-0.1, -0.05) is 0 Å². The number of H-pyrrole nitrogens is 1. The number of rotatable bonds is 3. The molecule has 166 valence electrons. The van der Waals surface area contributed by atoms with E-state index in [-0.39, 0.29) is 11.9 Å². The van der Waals surface area contributed by atoms with Gasteiger partial charge in [0.15, 0.2) is 11.4 Å². The van der Waals surface area contributed by atoms with Crippen molar-refractivity contribution in [1.82, 2.24) is 29.6 Å². The third-order valence-corrected chi connectivity index (χ3v) is 6.49. The number of aromatic amines is 1. The van der Waals surface area contributed by atoms with E-state index in [9.17, 15) is 4.79 Å². The van der Waals surface area contributed by atoms with Crippen molar-refractivity contribution in [2.24, 2.45) is 0 Å². The van der Waals surface area contributed by atoms with Crippen LogP contribution >= 0.6 is 0 Å². The summed E-state index contributed by atoms with van der Waals surface area (Å²) in [6.45, 7) is 3.14. The van der Waals surface area contributed by atoms with E-state index in [2.05, 4.69) is 20.1 Å². The molecule has 0 atom stereocenters. The van der Waals surface area contributed by atoms with Gasteiger partial charge in [-0.25, -0.2) is 9.97 Å². The van der Waals surface area contributed by atoms with E-state index in [1.165, 1.54) is 0 Å². The number of nitrogens with two attached hydrogens (primary N) is 1. The van der Waals surface area contributed by atoms with Gasteiger partial charge >= 0.3 is 0 Å². The number of anilines is 1. The van der Waals surface area contributed by atoms with Gasteiger partial charge in [-0.3, -0.25) is 9.48 Å². The van der Waals surface area contributed by atoms with Crippen molar-refractivity contribution < 1.29 is 9.21 Å². The monoisotopic (exact) mass is 441 g/mol.